The quantitative estimate of drug-likeness (QED) is 0.632. The molecule has 0 aliphatic carbocycles. The Labute approximate surface area is 182 Å². The normalized spacial score (nSPS) is 14.1. The lowest BCUT2D eigenvalue weighted by Crippen LogP contribution is -2.38. The summed E-state index contributed by atoms with van der Waals surface area (Å²) >= 11 is 0. The third-order valence-corrected chi connectivity index (χ3v) is 5.88. The number of fused-ring (bicyclic) bond motifs is 1. The van der Waals surface area contributed by atoms with Crippen molar-refractivity contribution < 1.29 is 9.53 Å². The van der Waals surface area contributed by atoms with Gasteiger partial charge in [0.2, 0.25) is 5.95 Å². The van der Waals surface area contributed by atoms with Crippen LogP contribution in [0.2, 0.25) is 0 Å². The van der Waals surface area contributed by atoms with Gasteiger partial charge in [-0.2, -0.15) is 4.98 Å². The lowest BCUT2D eigenvalue weighted by atomic mass is 10.1. The average molecular weight is 423 g/mol. The summed E-state index contributed by atoms with van der Waals surface area (Å²) in [6.45, 7) is 12.6. The van der Waals surface area contributed by atoms with E-state index in [9.17, 15) is 4.79 Å². The Morgan fingerprint density at radius 2 is 1.90 bits per heavy atom. The van der Waals surface area contributed by atoms with Crippen molar-refractivity contribution in [2.45, 2.75) is 27.7 Å². The second-order valence-corrected chi connectivity index (χ2v) is 7.77. The number of nitrogens with one attached hydrogen (secondary N) is 2. The maximum Gasteiger partial charge on any atom is 0.274 e. The average Bonchev–Trinajstić information content (AvgIpc) is 3.08. The van der Waals surface area contributed by atoms with Gasteiger partial charge in [0.25, 0.3) is 5.91 Å². The van der Waals surface area contributed by atoms with Crippen LogP contribution in [0.15, 0.2) is 24.3 Å². The van der Waals surface area contributed by atoms with Crippen LogP contribution in [-0.2, 0) is 4.74 Å². The van der Waals surface area contributed by atoms with Crippen LogP contribution in [-0.4, -0.2) is 60.3 Å². The summed E-state index contributed by atoms with van der Waals surface area (Å²) in [5.74, 6) is 1.10. The van der Waals surface area contributed by atoms with Crippen LogP contribution in [0, 0.1) is 13.8 Å². The van der Waals surface area contributed by atoms with E-state index in [1.807, 2.05) is 18.2 Å². The molecule has 0 bridgehead atoms. The fourth-order valence-corrected chi connectivity index (χ4v) is 3.89. The zero-order chi connectivity index (χ0) is 22.0. The van der Waals surface area contributed by atoms with Gasteiger partial charge in [0.1, 0.15) is 11.5 Å². The first kappa shape index (κ1) is 21.1. The van der Waals surface area contributed by atoms with Crippen LogP contribution in [0.3, 0.4) is 0 Å². The number of hydrogen-bond donors (Lipinski definition) is 2. The minimum absolute atomic E-state index is 0.241. The number of ether oxygens (including phenoxy) is 1. The van der Waals surface area contributed by atoms with Crippen LogP contribution >= 0.6 is 0 Å². The second kappa shape index (κ2) is 8.93. The molecule has 1 aromatic carbocycles. The molecule has 0 radical (unpaired) electrons. The number of aromatic nitrogens is 3. The van der Waals surface area contributed by atoms with Gasteiger partial charge >= 0.3 is 0 Å². The Kier molecular flexibility index (Phi) is 6.08. The highest BCUT2D eigenvalue weighted by atomic mass is 16.5. The SMILES string of the molecule is CCN(CC)c1cc(C(=O)Nc2ccc3[nH]c(C)c(C)c3c2)nc(N2CCOCC2)n1. The summed E-state index contributed by atoms with van der Waals surface area (Å²) in [6.07, 6.45) is 0. The van der Waals surface area contributed by atoms with Crippen molar-refractivity contribution in [2.24, 2.45) is 0 Å². The summed E-state index contributed by atoms with van der Waals surface area (Å²) in [5.41, 5.74) is 4.49. The van der Waals surface area contributed by atoms with Gasteiger partial charge in [-0.1, -0.05) is 0 Å². The fraction of sp³-hybridized carbons (Fsp3) is 0.435. The molecule has 3 aromatic rings. The molecule has 2 aromatic heterocycles. The highest BCUT2D eigenvalue weighted by Gasteiger charge is 2.20. The molecule has 4 rings (SSSR count). The Bertz CT molecular complexity index is 1080. The largest absolute Gasteiger partial charge is 0.378 e. The number of H-pyrrole nitrogens is 1. The van der Waals surface area contributed by atoms with E-state index in [0.717, 1.165) is 41.2 Å². The van der Waals surface area contributed by atoms with Gasteiger partial charge in [-0.25, -0.2) is 4.98 Å². The van der Waals surface area contributed by atoms with E-state index >= 15 is 0 Å². The first-order chi connectivity index (χ1) is 15.0. The van der Waals surface area contributed by atoms with E-state index in [-0.39, 0.29) is 5.91 Å². The van der Waals surface area contributed by atoms with Gasteiger partial charge in [0.15, 0.2) is 0 Å². The van der Waals surface area contributed by atoms with E-state index < -0.39 is 0 Å². The number of amides is 1. The number of hydrogen-bond acceptors (Lipinski definition) is 6. The number of carbonyl (C=O) groups excluding carboxylic acids is 1. The molecule has 1 aliphatic heterocycles. The molecule has 8 heteroatoms. The van der Waals surface area contributed by atoms with Crippen molar-refractivity contribution in [3.63, 3.8) is 0 Å². The fourth-order valence-electron chi connectivity index (χ4n) is 3.89. The van der Waals surface area contributed by atoms with Crippen molar-refractivity contribution in [3.05, 3.63) is 41.2 Å². The van der Waals surface area contributed by atoms with Crippen LogP contribution in [0.25, 0.3) is 10.9 Å². The molecule has 1 amide bonds. The maximum absolute atomic E-state index is 13.2. The van der Waals surface area contributed by atoms with Crippen molar-refractivity contribution in [2.75, 3.05) is 54.5 Å². The lowest BCUT2D eigenvalue weighted by Gasteiger charge is -2.28. The molecule has 1 aliphatic rings. The monoisotopic (exact) mass is 422 g/mol. The molecule has 0 spiro atoms. The number of nitrogens with zero attached hydrogens (tertiary/aromatic N) is 4. The van der Waals surface area contributed by atoms with Crippen molar-refractivity contribution in [1.82, 2.24) is 15.0 Å². The first-order valence-electron chi connectivity index (χ1n) is 10.9. The van der Waals surface area contributed by atoms with Crippen molar-refractivity contribution >= 4 is 34.3 Å². The second-order valence-electron chi connectivity index (χ2n) is 7.77. The lowest BCUT2D eigenvalue weighted by molar-refractivity contribution is 0.102. The highest BCUT2D eigenvalue weighted by molar-refractivity contribution is 6.04. The zero-order valence-corrected chi connectivity index (χ0v) is 18.7. The minimum Gasteiger partial charge on any atom is -0.378 e. The molecule has 8 nitrogen and oxygen atoms in total. The zero-order valence-electron chi connectivity index (χ0n) is 18.7. The summed E-state index contributed by atoms with van der Waals surface area (Å²) in [5, 5.41) is 4.12. The molecular formula is C23H30N6O2. The van der Waals surface area contributed by atoms with Gasteiger partial charge < -0.3 is 24.8 Å². The van der Waals surface area contributed by atoms with Gasteiger partial charge in [-0.15, -0.1) is 0 Å². The van der Waals surface area contributed by atoms with Gasteiger partial charge in [0, 0.05) is 54.5 Å². The Hall–Kier alpha value is -3.13. The summed E-state index contributed by atoms with van der Waals surface area (Å²) in [6, 6.07) is 7.67. The third kappa shape index (κ3) is 4.34. The predicted octanol–water partition coefficient (Wildman–Crippen LogP) is 3.51. The first-order valence-corrected chi connectivity index (χ1v) is 10.9. The third-order valence-electron chi connectivity index (χ3n) is 5.88. The molecule has 3 heterocycles. The summed E-state index contributed by atoms with van der Waals surface area (Å²) in [7, 11) is 0. The van der Waals surface area contributed by atoms with E-state index in [1.54, 1.807) is 6.07 Å². The van der Waals surface area contributed by atoms with Crippen molar-refractivity contribution in [1.29, 1.82) is 0 Å². The molecule has 1 saturated heterocycles. The number of aryl methyl sites for hydroxylation is 2. The smallest absolute Gasteiger partial charge is 0.274 e. The number of aromatic amines is 1. The topological polar surface area (TPSA) is 86.4 Å². The molecule has 0 unspecified atom stereocenters. The summed E-state index contributed by atoms with van der Waals surface area (Å²) < 4.78 is 5.45. The van der Waals surface area contributed by atoms with Crippen LogP contribution in [0.4, 0.5) is 17.5 Å². The van der Waals surface area contributed by atoms with Crippen LogP contribution in [0.5, 0.6) is 0 Å². The van der Waals surface area contributed by atoms with Gasteiger partial charge in [0.05, 0.1) is 13.2 Å². The molecule has 31 heavy (non-hydrogen) atoms. The minimum atomic E-state index is -0.241. The van der Waals surface area contributed by atoms with Gasteiger partial charge in [-0.05, 0) is 51.5 Å². The number of carbonyl (C=O) groups is 1. The van der Waals surface area contributed by atoms with E-state index in [0.29, 0.717) is 37.9 Å². The predicted molar refractivity (Wildman–Crippen MR) is 124 cm³/mol. The number of benzene rings is 1. The van der Waals surface area contributed by atoms with Crippen LogP contribution in [0.1, 0.15) is 35.6 Å². The molecule has 0 saturated carbocycles. The molecule has 1 fully saturated rings. The van der Waals surface area contributed by atoms with Crippen LogP contribution < -0.4 is 15.1 Å². The molecular weight excluding hydrogens is 392 g/mol. The van der Waals surface area contributed by atoms with Crippen molar-refractivity contribution in [3.8, 4) is 0 Å². The molecule has 2 N–H and O–H groups in total. The van der Waals surface area contributed by atoms with E-state index in [2.05, 4.69) is 52.8 Å². The Balaban J connectivity index is 1.65. The number of anilines is 3. The number of rotatable bonds is 6. The van der Waals surface area contributed by atoms with E-state index in [4.69, 9.17) is 9.72 Å². The van der Waals surface area contributed by atoms with Gasteiger partial charge in [-0.3, -0.25) is 4.79 Å². The summed E-state index contributed by atoms with van der Waals surface area (Å²) in [4.78, 5) is 30.1. The Morgan fingerprint density at radius 1 is 1.16 bits per heavy atom. The number of morpholine rings is 1. The molecule has 0 atom stereocenters. The maximum atomic E-state index is 13.2. The molecule has 164 valence electrons. The standard InChI is InChI=1S/C23H30N6O2/c1-5-28(6-2)21-14-20(26-23(27-21)29-9-11-31-12-10-29)22(30)25-17-7-8-19-18(13-17)15(3)16(4)24-19/h7-8,13-14,24H,5-6,9-12H2,1-4H3,(H,25,30). The highest BCUT2D eigenvalue weighted by Crippen LogP contribution is 2.25. The Morgan fingerprint density at radius 3 is 2.61 bits per heavy atom. The van der Waals surface area contributed by atoms with E-state index in [1.165, 1.54) is 5.56 Å².